The second-order valence-corrected chi connectivity index (χ2v) is 3.37. The molecule has 0 N–H and O–H groups in total. The fourth-order valence-corrected chi connectivity index (χ4v) is 1.40. The molecule has 84 valence electrons. The van der Waals surface area contributed by atoms with Gasteiger partial charge in [-0.2, -0.15) is 13.2 Å². The van der Waals surface area contributed by atoms with Crippen LogP contribution in [0.4, 0.5) is 13.2 Å². The molecule has 0 fully saturated rings. The van der Waals surface area contributed by atoms with Crippen molar-refractivity contribution in [3.8, 4) is 11.5 Å². The quantitative estimate of drug-likeness (QED) is 0.776. The average Bonchev–Trinajstić information content (AvgIpc) is 2.69. The summed E-state index contributed by atoms with van der Waals surface area (Å²) < 4.78 is 42.7. The summed E-state index contributed by atoms with van der Waals surface area (Å²) in [5.41, 5.74) is -1.08. The van der Waals surface area contributed by atoms with Crippen LogP contribution >= 0.6 is 11.6 Å². The largest absolute Gasteiger partial charge is 0.423 e. The van der Waals surface area contributed by atoms with Crippen molar-refractivity contribution in [2.45, 2.75) is 6.18 Å². The minimum Gasteiger partial charge on any atom is -0.423 e. The molecule has 2 aromatic rings. The zero-order valence-electron chi connectivity index (χ0n) is 7.62. The lowest BCUT2D eigenvalue weighted by Gasteiger charge is -2.10. The fraction of sp³-hybridized carbons (Fsp3) is 0.111. The van der Waals surface area contributed by atoms with Crippen molar-refractivity contribution >= 4 is 11.6 Å². The molecule has 0 saturated heterocycles. The third-order valence-electron chi connectivity index (χ3n) is 1.88. The first-order valence-electron chi connectivity index (χ1n) is 4.12. The first-order chi connectivity index (χ1) is 7.48. The fourth-order valence-electron chi connectivity index (χ4n) is 1.23. The van der Waals surface area contributed by atoms with Crippen LogP contribution in [0, 0.1) is 0 Å². The molecule has 1 heterocycles. The molecule has 0 radical (unpaired) electrons. The van der Waals surface area contributed by atoms with Crippen LogP contribution in [0.5, 0.6) is 0 Å². The summed E-state index contributed by atoms with van der Waals surface area (Å²) in [4.78, 5) is 0. The summed E-state index contributed by atoms with van der Waals surface area (Å²) >= 11 is 5.52. The Morgan fingerprint density at radius 1 is 1.25 bits per heavy atom. The van der Waals surface area contributed by atoms with Gasteiger partial charge in [0.25, 0.3) is 0 Å². The van der Waals surface area contributed by atoms with Crippen LogP contribution in [0.25, 0.3) is 11.5 Å². The molecule has 0 unspecified atom stereocenters. The van der Waals surface area contributed by atoms with Crippen LogP contribution in [0.15, 0.2) is 29.0 Å². The molecule has 0 bridgehead atoms. The average molecular weight is 249 g/mol. The third kappa shape index (κ3) is 2.01. The van der Waals surface area contributed by atoms with E-state index in [4.69, 9.17) is 16.0 Å². The van der Waals surface area contributed by atoms with Gasteiger partial charge < -0.3 is 4.42 Å². The number of benzene rings is 1. The lowest BCUT2D eigenvalue weighted by atomic mass is 10.1. The van der Waals surface area contributed by atoms with Gasteiger partial charge in [-0.25, -0.2) is 0 Å². The second-order valence-electron chi connectivity index (χ2n) is 2.93. The van der Waals surface area contributed by atoms with Crippen molar-refractivity contribution in [1.29, 1.82) is 0 Å². The molecule has 16 heavy (non-hydrogen) atoms. The Hall–Kier alpha value is -1.56. The number of rotatable bonds is 1. The highest BCUT2D eigenvalue weighted by molar-refractivity contribution is 6.30. The number of nitrogens with zero attached hydrogens (tertiary/aromatic N) is 2. The van der Waals surface area contributed by atoms with E-state index < -0.39 is 11.7 Å². The van der Waals surface area contributed by atoms with Crippen molar-refractivity contribution in [2.75, 3.05) is 0 Å². The monoisotopic (exact) mass is 248 g/mol. The first-order valence-corrected chi connectivity index (χ1v) is 4.49. The van der Waals surface area contributed by atoms with E-state index in [2.05, 4.69) is 10.2 Å². The van der Waals surface area contributed by atoms with Crippen molar-refractivity contribution in [2.24, 2.45) is 0 Å². The second kappa shape index (κ2) is 3.79. The lowest BCUT2D eigenvalue weighted by Crippen LogP contribution is -2.07. The molecular formula is C9H4ClF3N2O. The minimum atomic E-state index is -4.52. The van der Waals surface area contributed by atoms with Crippen molar-refractivity contribution in [1.82, 2.24) is 10.2 Å². The van der Waals surface area contributed by atoms with Gasteiger partial charge in [0.15, 0.2) is 0 Å². The molecule has 7 heteroatoms. The molecule has 0 saturated carbocycles. The Morgan fingerprint density at radius 3 is 2.56 bits per heavy atom. The molecule has 0 spiro atoms. The summed E-state index contributed by atoms with van der Waals surface area (Å²) in [6.07, 6.45) is -3.56. The molecule has 0 atom stereocenters. The molecule has 1 aromatic heterocycles. The van der Waals surface area contributed by atoms with Crippen LogP contribution in [0.1, 0.15) is 5.56 Å². The van der Waals surface area contributed by atoms with Crippen LogP contribution in [-0.2, 0) is 6.18 Å². The highest BCUT2D eigenvalue weighted by Gasteiger charge is 2.35. The maximum atomic E-state index is 12.7. The molecule has 1 aromatic carbocycles. The Morgan fingerprint density at radius 2 is 2.00 bits per heavy atom. The Kier molecular flexibility index (Phi) is 2.59. The number of halogens is 4. The van der Waals surface area contributed by atoms with Gasteiger partial charge in [0.05, 0.1) is 11.1 Å². The van der Waals surface area contributed by atoms with Gasteiger partial charge in [-0.05, 0) is 18.2 Å². The normalized spacial score (nSPS) is 11.8. The topological polar surface area (TPSA) is 38.9 Å². The van der Waals surface area contributed by atoms with Gasteiger partial charge in [0, 0.05) is 5.02 Å². The zero-order chi connectivity index (χ0) is 11.8. The molecule has 0 aliphatic rings. The van der Waals surface area contributed by atoms with Gasteiger partial charge in [-0.3, -0.25) is 0 Å². The van der Waals surface area contributed by atoms with Crippen molar-refractivity contribution in [3.63, 3.8) is 0 Å². The molecule has 0 aliphatic heterocycles. The molecule has 0 aliphatic carbocycles. The van der Waals surface area contributed by atoms with E-state index in [0.717, 1.165) is 12.5 Å². The van der Waals surface area contributed by atoms with Gasteiger partial charge >= 0.3 is 6.18 Å². The van der Waals surface area contributed by atoms with Gasteiger partial charge in [0.2, 0.25) is 12.3 Å². The predicted molar refractivity (Wildman–Crippen MR) is 49.7 cm³/mol. The Bertz CT molecular complexity index is 496. The van der Waals surface area contributed by atoms with Crippen LogP contribution in [0.2, 0.25) is 5.02 Å². The predicted octanol–water partition coefficient (Wildman–Crippen LogP) is 3.41. The summed E-state index contributed by atoms with van der Waals surface area (Å²) in [6.45, 7) is 0. The molecule has 3 nitrogen and oxygen atoms in total. The third-order valence-corrected chi connectivity index (χ3v) is 2.11. The molecular weight excluding hydrogens is 245 g/mol. The van der Waals surface area contributed by atoms with Crippen LogP contribution < -0.4 is 0 Å². The van der Waals surface area contributed by atoms with E-state index in [9.17, 15) is 13.2 Å². The first kappa shape index (κ1) is 10.9. The number of hydrogen-bond donors (Lipinski definition) is 0. The standard InChI is InChI=1S/C9H4ClF3N2O/c10-5-1-2-6(8-15-14-4-16-8)7(3-5)9(11,12)13/h1-4H. The molecule has 0 amide bonds. The van der Waals surface area contributed by atoms with E-state index >= 15 is 0 Å². The van der Waals surface area contributed by atoms with E-state index in [1.807, 2.05) is 0 Å². The highest BCUT2D eigenvalue weighted by atomic mass is 35.5. The van der Waals surface area contributed by atoms with Crippen LogP contribution in [-0.4, -0.2) is 10.2 Å². The van der Waals surface area contributed by atoms with Gasteiger partial charge in [-0.1, -0.05) is 11.6 Å². The minimum absolute atomic E-state index is 0.00408. The number of alkyl halides is 3. The maximum absolute atomic E-state index is 12.7. The van der Waals surface area contributed by atoms with Crippen molar-refractivity contribution < 1.29 is 17.6 Å². The van der Waals surface area contributed by atoms with E-state index in [0.29, 0.717) is 0 Å². The molecule has 2 rings (SSSR count). The van der Waals surface area contributed by atoms with Gasteiger partial charge in [-0.15, -0.1) is 10.2 Å². The summed E-state index contributed by atoms with van der Waals surface area (Å²) in [7, 11) is 0. The Balaban J connectivity index is 2.62. The number of aromatic nitrogens is 2. The maximum Gasteiger partial charge on any atom is 0.417 e. The summed E-state index contributed by atoms with van der Waals surface area (Å²) in [5.74, 6) is -0.191. The summed E-state index contributed by atoms with van der Waals surface area (Å²) in [5, 5.41) is 6.75. The van der Waals surface area contributed by atoms with Gasteiger partial charge in [0.1, 0.15) is 0 Å². The smallest absolute Gasteiger partial charge is 0.417 e. The van der Waals surface area contributed by atoms with Crippen molar-refractivity contribution in [3.05, 3.63) is 35.2 Å². The van der Waals surface area contributed by atoms with E-state index in [1.54, 1.807) is 0 Å². The highest BCUT2D eigenvalue weighted by Crippen LogP contribution is 2.37. The number of hydrogen-bond acceptors (Lipinski definition) is 3. The van der Waals surface area contributed by atoms with E-state index in [-0.39, 0.29) is 16.5 Å². The summed E-state index contributed by atoms with van der Waals surface area (Å²) in [6, 6.07) is 3.34. The van der Waals surface area contributed by atoms with E-state index in [1.165, 1.54) is 12.1 Å². The lowest BCUT2D eigenvalue weighted by molar-refractivity contribution is -0.137. The van der Waals surface area contributed by atoms with Crippen LogP contribution in [0.3, 0.4) is 0 Å². The zero-order valence-corrected chi connectivity index (χ0v) is 8.38. The Labute approximate surface area is 92.9 Å². The SMILES string of the molecule is FC(F)(F)c1cc(Cl)ccc1-c1nnco1.